The minimum atomic E-state index is -2.96. The Labute approximate surface area is 269 Å². The third-order valence-corrected chi connectivity index (χ3v) is 11.5. The van der Waals surface area contributed by atoms with Crippen molar-refractivity contribution in [3.05, 3.63) is 66.0 Å². The zero-order valence-electron chi connectivity index (χ0n) is 27.2. The monoisotopic (exact) mass is 631 g/mol. The molecule has 242 valence electrons. The molecule has 0 aliphatic heterocycles. The summed E-state index contributed by atoms with van der Waals surface area (Å²) in [5.41, 5.74) is 5.75. The van der Waals surface area contributed by atoms with E-state index in [4.69, 9.17) is 4.74 Å². The zero-order chi connectivity index (χ0) is 31.6. The summed E-state index contributed by atoms with van der Waals surface area (Å²) < 4.78 is 31.0. The molecule has 3 fully saturated rings. The highest BCUT2D eigenvalue weighted by molar-refractivity contribution is 7.90. The predicted molar refractivity (Wildman–Crippen MR) is 180 cm³/mol. The van der Waals surface area contributed by atoms with E-state index in [0.29, 0.717) is 30.2 Å². The molecule has 1 heterocycles. The molecule has 8 heteroatoms. The number of anilines is 1. The Bertz CT molecular complexity index is 1580. The van der Waals surface area contributed by atoms with Crippen LogP contribution in [0.15, 0.2) is 54.9 Å². The maximum atomic E-state index is 14.3. The fourth-order valence-corrected chi connectivity index (χ4v) is 8.35. The van der Waals surface area contributed by atoms with Gasteiger partial charge in [0.05, 0.1) is 25.1 Å². The summed E-state index contributed by atoms with van der Waals surface area (Å²) in [4.78, 5) is 16.4. The molecular formula is C37H49N3O4S. The molecule has 0 N–H and O–H groups in total. The Morgan fingerprint density at radius 2 is 1.67 bits per heavy atom. The minimum absolute atomic E-state index is 0.0145. The maximum Gasteiger partial charge on any atom is 0.230 e. The zero-order valence-corrected chi connectivity index (χ0v) is 28.0. The third kappa shape index (κ3) is 8.00. The Morgan fingerprint density at radius 3 is 2.33 bits per heavy atom. The predicted octanol–water partition coefficient (Wildman–Crippen LogP) is 7.75. The smallest absolute Gasteiger partial charge is 0.230 e. The highest BCUT2D eigenvalue weighted by Crippen LogP contribution is 2.40. The number of aromatic nitrogens is 2. The van der Waals surface area contributed by atoms with E-state index >= 15 is 0 Å². The van der Waals surface area contributed by atoms with Gasteiger partial charge in [-0.25, -0.2) is 8.42 Å². The van der Waals surface area contributed by atoms with Crippen LogP contribution in [0.5, 0.6) is 5.75 Å². The van der Waals surface area contributed by atoms with Crippen LogP contribution in [0.3, 0.4) is 0 Å². The van der Waals surface area contributed by atoms with Gasteiger partial charge in [0.25, 0.3) is 0 Å². The van der Waals surface area contributed by atoms with E-state index < -0.39 is 9.84 Å². The van der Waals surface area contributed by atoms with Gasteiger partial charge in [-0.2, -0.15) is 5.10 Å². The van der Waals surface area contributed by atoms with E-state index in [1.807, 2.05) is 6.20 Å². The lowest BCUT2D eigenvalue weighted by Crippen LogP contribution is -2.41. The van der Waals surface area contributed by atoms with Crippen LogP contribution in [-0.2, 0) is 14.6 Å². The van der Waals surface area contributed by atoms with Gasteiger partial charge >= 0.3 is 0 Å². The van der Waals surface area contributed by atoms with Crippen molar-refractivity contribution >= 4 is 21.4 Å². The molecule has 2 aromatic carbocycles. The lowest BCUT2D eigenvalue weighted by atomic mass is 9.77. The standard InChI is InChI=1S/C37H49N3O4S/c1-26-21-32(15-18-36(26)44-2)29-11-9-28(10-12-29)24-39(37(41)30-13-7-27(8-14-30)19-20-45(3,42)43)35-6-4-5-31(22-35)33-23-38-40(25-33)34-16-17-34/h4-6,15,18,21-23,25,27-30,34H,7-14,16-17,19-20,24H2,1-3H3. The van der Waals surface area contributed by atoms with Gasteiger partial charge in [0.1, 0.15) is 15.6 Å². The van der Waals surface area contributed by atoms with Crippen LogP contribution in [0.2, 0.25) is 0 Å². The maximum absolute atomic E-state index is 14.3. The first-order chi connectivity index (χ1) is 21.7. The van der Waals surface area contributed by atoms with Crippen LogP contribution in [0.25, 0.3) is 11.1 Å². The normalized spacial score (nSPS) is 23.9. The molecule has 0 unspecified atom stereocenters. The Balaban J connectivity index is 1.16. The average molecular weight is 632 g/mol. The van der Waals surface area contributed by atoms with Crippen LogP contribution in [0, 0.1) is 24.7 Å². The molecule has 3 aliphatic carbocycles. The number of carbonyl (C=O) groups is 1. The lowest BCUT2D eigenvalue weighted by Gasteiger charge is -2.36. The van der Waals surface area contributed by atoms with E-state index in [1.165, 1.54) is 30.2 Å². The number of benzene rings is 2. The van der Waals surface area contributed by atoms with Gasteiger partial charge in [0.2, 0.25) is 5.91 Å². The van der Waals surface area contributed by atoms with Crippen molar-refractivity contribution in [3.63, 3.8) is 0 Å². The SMILES string of the molecule is COc1ccc(C2CCC(CN(C(=O)C3CCC(CCS(C)(=O)=O)CC3)c3cccc(-c4cnn(C5CC5)c4)c3)CC2)cc1C. The second-order valence-corrected chi connectivity index (χ2v) is 16.3. The summed E-state index contributed by atoms with van der Waals surface area (Å²) >= 11 is 0. The fraction of sp³-hybridized carbons (Fsp3) is 0.568. The van der Waals surface area contributed by atoms with E-state index in [9.17, 15) is 13.2 Å². The molecule has 0 atom stereocenters. The number of carbonyl (C=O) groups excluding carboxylic acids is 1. The summed E-state index contributed by atoms with van der Waals surface area (Å²) in [5, 5.41) is 4.61. The highest BCUT2D eigenvalue weighted by Gasteiger charge is 2.33. The number of hydrogen-bond acceptors (Lipinski definition) is 5. The van der Waals surface area contributed by atoms with E-state index in [2.05, 4.69) is 70.3 Å². The van der Waals surface area contributed by atoms with Crippen LogP contribution < -0.4 is 9.64 Å². The molecule has 6 rings (SSSR count). The molecule has 3 saturated carbocycles. The summed E-state index contributed by atoms with van der Waals surface area (Å²) in [6, 6.07) is 15.6. The van der Waals surface area contributed by atoms with Crippen LogP contribution in [-0.4, -0.2) is 49.8 Å². The van der Waals surface area contributed by atoms with Gasteiger partial charge in [0.15, 0.2) is 0 Å². The highest BCUT2D eigenvalue weighted by atomic mass is 32.2. The van der Waals surface area contributed by atoms with Crippen molar-refractivity contribution in [1.29, 1.82) is 0 Å². The molecule has 1 aromatic heterocycles. The summed E-state index contributed by atoms with van der Waals surface area (Å²) in [6.45, 7) is 2.85. The first-order valence-electron chi connectivity index (χ1n) is 16.9. The Hall–Kier alpha value is -3.13. The van der Waals surface area contributed by atoms with Crippen LogP contribution >= 0.6 is 0 Å². The van der Waals surface area contributed by atoms with Gasteiger partial charge in [-0.05, 0) is 130 Å². The summed E-state index contributed by atoms with van der Waals surface area (Å²) in [6.07, 6.45) is 16.5. The Morgan fingerprint density at radius 1 is 0.933 bits per heavy atom. The lowest BCUT2D eigenvalue weighted by molar-refractivity contribution is -0.123. The largest absolute Gasteiger partial charge is 0.496 e. The molecule has 3 aliphatic rings. The quantitative estimate of drug-likeness (QED) is 0.216. The van der Waals surface area contributed by atoms with Crippen molar-refractivity contribution in [2.24, 2.45) is 17.8 Å². The van der Waals surface area contributed by atoms with Gasteiger partial charge in [-0.1, -0.05) is 24.3 Å². The molecule has 0 bridgehead atoms. The number of rotatable bonds is 11. The first kappa shape index (κ1) is 31.8. The number of methoxy groups -OCH3 is 1. The molecule has 0 radical (unpaired) electrons. The number of sulfone groups is 1. The van der Waals surface area contributed by atoms with Gasteiger partial charge in [-0.15, -0.1) is 0 Å². The van der Waals surface area contributed by atoms with Crippen molar-refractivity contribution in [2.75, 3.05) is 30.6 Å². The second kappa shape index (κ2) is 13.7. The van der Waals surface area contributed by atoms with E-state index in [-0.39, 0.29) is 17.6 Å². The van der Waals surface area contributed by atoms with Crippen LogP contribution in [0.1, 0.15) is 93.7 Å². The average Bonchev–Trinajstić information content (AvgIpc) is 3.78. The topological polar surface area (TPSA) is 81.5 Å². The summed E-state index contributed by atoms with van der Waals surface area (Å²) in [7, 11) is -1.24. The minimum Gasteiger partial charge on any atom is -0.496 e. The van der Waals surface area contributed by atoms with Gasteiger partial charge in [-0.3, -0.25) is 9.48 Å². The molecule has 3 aromatic rings. The van der Waals surface area contributed by atoms with E-state index in [1.54, 1.807) is 7.11 Å². The molecular weight excluding hydrogens is 582 g/mol. The molecule has 1 amide bonds. The van der Waals surface area contributed by atoms with Crippen LogP contribution in [0.4, 0.5) is 5.69 Å². The van der Waals surface area contributed by atoms with Gasteiger partial charge < -0.3 is 9.64 Å². The molecule has 0 spiro atoms. The number of nitrogens with zero attached hydrogens (tertiary/aromatic N) is 3. The molecule has 0 saturated heterocycles. The third-order valence-electron chi connectivity index (χ3n) is 10.6. The number of ether oxygens (including phenoxy) is 1. The first-order valence-corrected chi connectivity index (χ1v) is 19.0. The molecule has 45 heavy (non-hydrogen) atoms. The van der Waals surface area contributed by atoms with Crippen molar-refractivity contribution in [3.8, 4) is 16.9 Å². The number of aryl methyl sites for hydroxylation is 1. The van der Waals surface area contributed by atoms with Crippen molar-refractivity contribution in [2.45, 2.75) is 89.5 Å². The van der Waals surface area contributed by atoms with Crippen molar-refractivity contribution in [1.82, 2.24) is 9.78 Å². The second-order valence-electron chi connectivity index (χ2n) is 14.0. The summed E-state index contributed by atoms with van der Waals surface area (Å²) in [5.74, 6) is 2.79. The van der Waals surface area contributed by atoms with Crippen molar-refractivity contribution < 1.29 is 17.9 Å². The Kier molecular flexibility index (Phi) is 9.69. The van der Waals surface area contributed by atoms with E-state index in [0.717, 1.165) is 80.5 Å². The molecule has 7 nitrogen and oxygen atoms in total. The number of hydrogen-bond donors (Lipinski definition) is 0. The fourth-order valence-electron chi connectivity index (χ4n) is 7.59. The number of amides is 1. The van der Waals surface area contributed by atoms with Gasteiger partial charge in [0, 0.05) is 36.2 Å².